The van der Waals surface area contributed by atoms with Crippen LogP contribution in [-0.2, 0) is 21.4 Å². The van der Waals surface area contributed by atoms with E-state index in [1.807, 2.05) is 37.9 Å². The van der Waals surface area contributed by atoms with E-state index in [0.717, 1.165) is 36.3 Å². The molecule has 1 aromatic carbocycles. The number of sulfonamides is 1. The van der Waals surface area contributed by atoms with E-state index in [4.69, 9.17) is 4.42 Å². The molecule has 1 saturated heterocycles. The topological polar surface area (TPSA) is 82.9 Å². The highest BCUT2D eigenvalue weighted by Crippen LogP contribution is 2.25. The number of carbonyl (C=O) groups excluding carboxylic acids is 1. The first-order chi connectivity index (χ1) is 13.8. The second-order valence-electron chi connectivity index (χ2n) is 7.67. The van der Waals surface area contributed by atoms with Crippen molar-refractivity contribution in [2.75, 3.05) is 32.0 Å². The quantitative estimate of drug-likeness (QED) is 0.745. The summed E-state index contributed by atoms with van der Waals surface area (Å²) in [7, 11) is -1.70. The van der Waals surface area contributed by atoms with Crippen LogP contribution >= 0.6 is 0 Å². The summed E-state index contributed by atoms with van der Waals surface area (Å²) in [6.07, 6.45) is 2.83. The monoisotopic (exact) mass is 419 g/mol. The van der Waals surface area contributed by atoms with Crippen molar-refractivity contribution in [3.05, 3.63) is 47.4 Å². The van der Waals surface area contributed by atoms with Gasteiger partial charge in [0.05, 0.1) is 18.0 Å². The molecule has 0 atom stereocenters. The highest BCUT2D eigenvalue weighted by Gasteiger charge is 2.26. The van der Waals surface area contributed by atoms with Gasteiger partial charge in [-0.05, 0) is 63.6 Å². The third-order valence-electron chi connectivity index (χ3n) is 5.07. The average Bonchev–Trinajstić information content (AvgIpc) is 3.08. The Kier molecular flexibility index (Phi) is 6.77. The molecule has 0 radical (unpaired) electrons. The smallest absolute Gasteiger partial charge is 0.243 e. The van der Waals surface area contributed by atoms with Crippen LogP contribution < -0.4 is 5.32 Å². The van der Waals surface area contributed by atoms with Crippen molar-refractivity contribution in [1.82, 2.24) is 9.21 Å². The molecular formula is C21H29N3O4S. The third-order valence-corrected chi connectivity index (χ3v) is 6.97. The second-order valence-corrected chi connectivity index (χ2v) is 9.61. The number of benzene rings is 1. The van der Waals surface area contributed by atoms with E-state index in [9.17, 15) is 13.2 Å². The molecule has 1 aromatic heterocycles. The number of rotatable bonds is 7. The lowest BCUT2D eigenvalue weighted by Crippen LogP contribution is -2.35. The number of likely N-dealkylation sites (N-methyl/N-ethyl adjacent to an activating group) is 1. The zero-order valence-corrected chi connectivity index (χ0v) is 18.1. The van der Waals surface area contributed by atoms with Crippen molar-refractivity contribution in [2.24, 2.45) is 0 Å². The lowest BCUT2D eigenvalue weighted by atomic mass is 10.2. The highest BCUT2D eigenvalue weighted by atomic mass is 32.2. The minimum atomic E-state index is -3.54. The number of nitrogens with one attached hydrogen (secondary N) is 1. The Morgan fingerprint density at radius 3 is 2.52 bits per heavy atom. The summed E-state index contributed by atoms with van der Waals surface area (Å²) < 4.78 is 32.9. The third kappa shape index (κ3) is 5.46. The Bertz CT molecular complexity index is 962. The minimum absolute atomic E-state index is 0.169. The lowest BCUT2D eigenvalue weighted by molar-refractivity contribution is -0.117. The Balaban J connectivity index is 1.67. The van der Waals surface area contributed by atoms with E-state index in [2.05, 4.69) is 5.32 Å². The summed E-state index contributed by atoms with van der Waals surface area (Å²) in [5, 5.41) is 2.85. The van der Waals surface area contributed by atoms with Crippen LogP contribution in [0.4, 0.5) is 5.69 Å². The van der Waals surface area contributed by atoms with Crippen molar-refractivity contribution in [3.8, 4) is 0 Å². The van der Waals surface area contributed by atoms with Gasteiger partial charge < -0.3 is 9.73 Å². The van der Waals surface area contributed by atoms with E-state index < -0.39 is 10.0 Å². The van der Waals surface area contributed by atoms with Gasteiger partial charge in [0.2, 0.25) is 15.9 Å². The fourth-order valence-electron chi connectivity index (χ4n) is 3.48. The molecule has 1 aliphatic rings. The van der Waals surface area contributed by atoms with Crippen LogP contribution in [0.3, 0.4) is 0 Å². The zero-order valence-electron chi connectivity index (χ0n) is 17.3. The first-order valence-corrected chi connectivity index (χ1v) is 11.3. The number of carbonyl (C=O) groups is 1. The van der Waals surface area contributed by atoms with Gasteiger partial charge in [-0.2, -0.15) is 4.31 Å². The van der Waals surface area contributed by atoms with Gasteiger partial charge in [-0.25, -0.2) is 8.42 Å². The first-order valence-electron chi connectivity index (χ1n) is 9.90. The number of amides is 1. The molecule has 0 spiro atoms. The van der Waals surface area contributed by atoms with Crippen LogP contribution in [0.15, 0.2) is 39.6 Å². The molecular weight excluding hydrogens is 390 g/mol. The predicted octanol–water partition coefficient (Wildman–Crippen LogP) is 3.14. The van der Waals surface area contributed by atoms with Gasteiger partial charge in [-0.1, -0.05) is 12.5 Å². The highest BCUT2D eigenvalue weighted by molar-refractivity contribution is 7.89. The van der Waals surface area contributed by atoms with E-state index >= 15 is 0 Å². The predicted molar refractivity (Wildman–Crippen MR) is 112 cm³/mol. The Morgan fingerprint density at radius 2 is 1.86 bits per heavy atom. The van der Waals surface area contributed by atoms with E-state index in [0.29, 0.717) is 25.3 Å². The van der Waals surface area contributed by atoms with Crippen molar-refractivity contribution < 1.29 is 17.6 Å². The summed E-state index contributed by atoms with van der Waals surface area (Å²) >= 11 is 0. The van der Waals surface area contributed by atoms with Crippen LogP contribution in [0.2, 0.25) is 0 Å². The lowest BCUT2D eigenvalue weighted by Gasteiger charge is -2.26. The number of furan rings is 1. The average molecular weight is 420 g/mol. The largest absolute Gasteiger partial charge is 0.465 e. The SMILES string of the molecule is Cc1ccc(CN(C)CC(=O)Nc2cc(S(=O)(=O)N3CCCCC3)ccc2C)o1. The zero-order chi connectivity index (χ0) is 21.0. The van der Waals surface area contributed by atoms with Crippen molar-refractivity contribution >= 4 is 21.6 Å². The van der Waals surface area contributed by atoms with Gasteiger partial charge in [-0.15, -0.1) is 0 Å². The summed E-state index contributed by atoms with van der Waals surface area (Å²) in [5.74, 6) is 1.43. The number of aryl methyl sites for hydroxylation is 2. The molecule has 2 heterocycles. The standard InChI is InChI=1S/C21H29N3O4S/c1-16-7-10-19(29(26,27)24-11-5-4-6-12-24)13-20(16)22-21(25)15-23(3)14-18-9-8-17(2)28-18/h7-10,13H,4-6,11-12,14-15H2,1-3H3,(H,22,25). The fraction of sp³-hybridized carbons (Fsp3) is 0.476. The van der Waals surface area contributed by atoms with E-state index in [-0.39, 0.29) is 17.3 Å². The molecule has 1 amide bonds. The Hall–Kier alpha value is -2.16. The summed E-state index contributed by atoms with van der Waals surface area (Å²) in [6, 6.07) is 8.69. The maximum Gasteiger partial charge on any atom is 0.243 e. The molecule has 7 nitrogen and oxygen atoms in total. The van der Waals surface area contributed by atoms with Gasteiger partial charge in [-0.3, -0.25) is 9.69 Å². The number of hydrogen-bond donors (Lipinski definition) is 1. The van der Waals surface area contributed by atoms with Gasteiger partial charge >= 0.3 is 0 Å². The van der Waals surface area contributed by atoms with Crippen LogP contribution in [0.5, 0.6) is 0 Å². The molecule has 29 heavy (non-hydrogen) atoms. The van der Waals surface area contributed by atoms with Crippen LogP contribution in [-0.4, -0.2) is 50.2 Å². The van der Waals surface area contributed by atoms with Crippen molar-refractivity contribution in [1.29, 1.82) is 0 Å². The van der Waals surface area contributed by atoms with Gasteiger partial charge in [0.15, 0.2) is 0 Å². The molecule has 0 bridgehead atoms. The molecule has 158 valence electrons. The normalized spacial score (nSPS) is 15.6. The Labute approximate surface area is 172 Å². The minimum Gasteiger partial charge on any atom is -0.465 e. The molecule has 2 aromatic rings. The fourth-order valence-corrected chi connectivity index (χ4v) is 5.02. The van der Waals surface area contributed by atoms with Crippen LogP contribution in [0, 0.1) is 13.8 Å². The van der Waals surface area contributed by atoms with E-state index in [1.54, 1.807) is 18.2 Å². The number of nitrogens with zero attached hydrogens (tertiary/aromatic N) is 2. The molecule has 3 rings (SSSR count). The molecule has 0 saturated carbocycles. The Morgan fingerprint density at radius 1 is 1.14 bits per heavy atom. The molecule has 1 fully saturated rings. The van der Waals surface area contributed by atoms with Gasteiger partial charge in [0.25, 0.3) is 0 Å². The van der Waals surface area contributed by atoms with E-state index in [1.165, 1.54) is 4.31 Å². The molecule has 1 N–H and O–H groups in total. The maximum absolute atomic E-state index is 12.9. The number of anilines is 1. The molecule has 1 aliphatic heterocycles. The van der Waals surface area contributed by atoms with Crippen molar-refractivity contribution in [3.63, 3.8) is 0 Å². The van der Waals surface area contributed by atoms with Crippen LogP contribution in [0.1, 0.15) is 36.3 Å². The maximum atomic E-state index is 12.9. The summed E-state index contributed by atoms with van der Waals surface area (Å²) in [4.78, 5) is 14.6. The van der Waals surface area contributed by atoms with Gasteiger partial charge in [0, 0.05) is 18.8 Å². The molecule has 0 unspecified atom stereocenters. The van der Waals surface area contributed by atoms with Gasteiger partial charge in [0.1, 0.15) is 11.5 Å². The second kappa shape index (κ2) is 9.11. The molecule has 0 aliphatic carbocycles. The molecule has 8 heteroatoms. The summed E-state index contributed by atoms with van der Waals surface area (Å²) in [6.45, 7) is 5.52. The van der Waals surface area contributed by atoms with Crippen molar-refractivity contribution in [2.45, 2.75) is 44.6 Å². The number of piperidine rings is 1. The number of hydrogen-bond acceptors (Lipinski definition) is 5. The summed E-state index contributed by atoms with van der Waals surface area (Å²) in [5.41, 5.74) is 1.34. The van der Waals surface area contributed by atoms with Crippen LogP contribution in [0.25, 0.3) is 0 Å². The first kappa shape index (κ1) is 21.5.